The minimum atomic E-state index is -0.331. The summed E-state index contributed by atoms with van der Waals surface area (Å²) < 4.78 is 11.4. The minimum Gasteiger partial charge on any atom is -0.465 e. The lowest BCUT2D eigenvalue weighted by molar-refractivity contribution is -0.163. The number of hydrogen-bond acceptors (Lipinski definition) is 4. The van der Waals surface area contributed by atoms with Gasteiger partial charge < -0.3 is 9.47 Å². The molecule has 0 aromatic rings. The third kappa shape index (κ3) is 4.41. The predicted molar refractivity (Wildman–Crippen MR) is 103 cm³/mol. The van der Waals surface area contributed by atoms with Crippen LogP contribution in [0.2, 0.25) is 0 Å². The van der Waals surface area contributed by atoms with Crippen LogP contribution < -0.4 is 0 Å². The van der Waals surface area contributed by atoms with Crippen LogP contribution in [0.4, 0.5) is 0 Å². The van der Waals surface area contributed by atoms with E-state index < -0.39 is 0 Å². The van der Waals surface area contributed by atoms with Crippen LogP contribution in [0.25, 0.3) is 0 Å². The molecule has 4 atom stereocenters. The molecule has 4 nitrogen and oxygen atoms in total. The zero-order chi connectivity index (χ0) is 18.6. The smallest absolute Gasteiger partial charge is 0.310 e. The number of hydrogen-bond donors (Lipinski definition) is 0. The number of carbonyl (C=O) groups excluding carboxylic acids is 2. The van der Waals surface area contributed by atoms with E-state index in [9.17, 15) is 9.59 Å². The van der Waals surface area contributed by atoms with Crippen molar-refractivity contribution in [3.8, 4) is 0 Å². The summed E-state index contributed by atoms with van der Waals surface area (Å²) in [7, 11) is 0. The normalized spacial score (nSPS) is 33.9. The van der Waals surface area contributed by atoms with Gasteiger partial charge in [0.05, 0.1) is 25.0 Å². The molecule has 0 heterocycles. The Hall–Kier alpha value is -1.32. The van der Waals surface area contributed by atoms with Gasteiger partial charge in [0.15, 0.2) is 0 Å². The lowest BCUT2D eigenvalue weighted by atomic mass is 9.83. The van der Waals surface area contributed by atoms with Crippen LogP contribution >= 0.6 is 0 Å². The fourth-order valence-electron chi connectivity index (χ4n) is 5.76. The molecule has 4 aliphatic rings. The Morgan fingerprint density at radius 3 is 1.48 bits per heavy atom. The van der Waals surface area contributed by atoms with Crippen molar-refractivity contribution in [3.63, 3.8) is 0 Å². The summed E-state index contributed by atoms with van der Waals surface area (Å²) in [6.45, 7) is 1.06. The van der Waals surface area contributed by atoms with Crippen molar-refractivity contribution in [1.82, 2.24) is 0 Å². The van der Waals surface area contributed by atoms with Crippen molar-refractivity contribution in [3.05, 3.63) is 12.2 Å². The minimum absolute atomic E-state index is 0.154. The van der Waals surface area contributed by atoms with Gasteiger partial charge in [0, 0.05) is 0 Å². The van der Waals surface area contributed by atoms with Gasteiger partial charge in [0.2, 0.25) is 0 Å². The zero-order valence-electron chi connectivity index (χ0n) is 16.4. The largest absolute Gasteiger partial charge is 0.465 e. The van der Waals surface area contributed by atoms with Crippen molar-refractivity contribution in [2.75, 3.05) is 13.2 Å². The van der Waals surface area contributed by atoms with E-state index in [0.29, 0.717) is 25.0 Å². The Balaban J connectivity index is 1.31. The van der Waals surface area contributed by atoms with Crippen LogP contribution in [-0.2, 0) is 19.1 Å². The third-order valence-corrected chi connectivity index (χ3v) is 7.38. The van der Waals surface area contributed by atoms with Crippen LogP contribution in [0, 0.1) is 35.5 Å². The van der Waals surface area contributed by atoms with Gasteiger partial charge in [-0.3, -0.25) is 9.59 Å². The van der Waals surface area contributed by atoms with Gasteiger partial charge >= 0.3 is 11.9 Å². The van der Waals surface area contributed by atoms with Crippen molar-refractivity contribution in [2.45, 2.75) is 70.6 Å². The van der Waals surface area contributed by atoms with Gasteiger partial charge in [0.25, 0.3) is 0 Å². The van der Waals surface area contributed by atoms with Gasteiger partial charge in [0.1, 0.15) is 0 Å². The first-order valence-electron chi connectivity index (χ1n) is 11.2. The van der Waals surface area contributed by atoms with Crippen molar-refractivity contribution in [1.29, 1.82) is 0 Å². The SMILES string of the molecule is O=C(OCC1CCCCC1)[C@@H]1C2C=CC(C2)[C@@H]1C(=O)OCC1CCCCC1. The highest BCUT2D eigenvalue weighted by atomic mass is 16.5. The van der Waals surface area contributed by atoms with Crippen LogP contribution in [0.1, 0.15) is 70.6 Å². The highest BCUT2D eigenvalue weighted by Crippen LogP contribution is 2.49. The number of esters is 2. The zero-order valence-corrected chi connectivity index (χ0v) is 16.4. The fourth-order valence-corrected chi connectivity index (χ4v) is 5.76. The second-order valence-corrected chi connectivity index (χ2v) is 9.27. The summed E-state index contributed by atoms with van der Waals surface area (Å²) >= 11 is 0. The van der Waals surface area contributed by atoms with Crippen LogP contribution in [0.5, 0.6) is 0 Å². The van der Waals surface area contributed by atoms with Crippen LogP contribution in [-0.4, -0.2) is 25.2 Å². The van der Waals surface area contributed by atoms with E-state index in [4.69, 9.17) is 9.47 Å². The molecule has 0 saturated heterocycles. The van der Waals surface area contributed by atoms with E-state index >= 15 is 0 Å². The quantitative estimate of drug-likeness (QED) is 0.501. The fraction of sp³-hybridized carbons (Fsp3) is 0.826. The summed E-state index contributed by atoms with van der Waals surface area (Å²) in [6.07, 6.45) is 17.4. The first-order chi connectivity index (χ1) is 13.2. The molecule has 4 heteroatoms. The third-order valence-electron chi connectivity index (χ3n) is 7.38. The second-order valence-electron chi connectivity index (χ2n) is 9.27. The molecule has 2 unspecified atom stereocenters. The molecule has 0 N–H and O–H groups in total. The van der Waals surface area contributed by atoms with E-state index in [1.807, 2.05) is 0 Å². The summed E-state index contributed by atoms with van der Waals surface area (Å²) in [4.78, 5) is 25.7. The maximum Gasteiger partial charge on any atom is 0.310 e. The van der Waals surface area contributed by atoms with E-state index in [1.54, 1.807) is 0 Å². The molecule has 3 fully saturated rings. The second kappa shape index (κ2) is 8.79. The number of ether oxygens (including phenoxy) is 2. The molecule has 0 aromatic carbocycles. The maximum atomic E-state index is 12.8. The summed E-state index contributed by atoms with van der Waals surface area (Å²) in [5.74, 6) is 0.322. The molecule has 4 rings (SSSR count). The lowest BCUT2D eigenvalue weighted by Crippen LogP contribution is -2.36. The first-order valence-corrected chi connectivity index (χ1v) is 11.2. The Morgan fingerprint density at radius 2 is 1.07 bits per heavy atom. The average Bonchev–Trinajstić information content (AvgIpc) is 3.33. The van der Waals surface area contributed by atoms with Gasteiger partial charge in [-0.15, -0.1) is 0 Å². The monoisotopic (exact) mass is 374 g/mol. The Bertz CT molecular complexity index is 509. The Kier molecular flexibility index (Phi) is 6.19. The van der Waals surface area contributed by atoms with Crippen molar-refractivity contribution < 1.29 is 19.1 Å². The Morgan fingerprint density at radius 1 is 0.667 bits per heavy atom. The molecule has 0 aromatic heterocycles. The number of allylic oxidation sites excluding steroid dienone is 2. The summed E-state index contributed by atoms with van der Waals surface area (Å²) in [5, 5.41) is 0. The van der Waals surface area contributed by atoms with Crippen LogP contribution in [0.3, 0.4) is 0 Å². The molecule has 0 amide bonds. The summed E-state index contributed by atoms with van der Waals surface area (Å²) in [6, 6.07) is 0. The predicted octanol–water partition coefficient (Wildman–Crippen LogP) is 4.67. The molecule has 4 aliphatic carbocycles. The van der Waals surface area contributed by atoms with E-state index in [2.05, 4.69) is 12.2 Å². The van der Waals surface area contributed by atoms with Gasteiger partial charge in [-0.25, -0.2) is 0 Å². The molecule has 0 aliphatic heterocycles. The van der Waals surface area contributed by atoms with Gasteiger partial charge in [-0.1, -0.05) is 50.7 Å². The molecular weight excluding hydrogens is 340 g/mol. The number of fused-ring (bicyclic) bond motifs is 2. The molecule has 0 radical (unpaired) electrons. The van der Waals surface area contributed by atoms with Gasteiger partial charge in [-0.05, 0) is 55.8 Å². The van der Waals surface area contributed by atoms with Crippen molar-refractivity contribution in [2.24, 2.45) is 35.5 Å². The lowest BCUT2D eigenvalue weighted by Gasteiger charge is -2.28. The maximum absolute atomic E-state index is 12.8. The van der Waals surface area contributed by atoms with Crippen LogP contribution in [0.15, 0.2) is 12.2 Å². The molecule has 150 valence electrons. The summed E-state index contributed by atoms with van der Waals surface area (Å²) in [5.41, 5.74) is 0. The topological polar surface area (TPSA) is 52.6 Å². The molecular formula is C23H34O4. The van der Waals surface area contributed by atoms with E-state index in [-0.39, 0.29) is 35.6 Å². The standard InChI is InChI=1S/C23H34O4/c24-22(26-14-16-7-3-1-4-8-16)20-18-11-12-19(13-18)21(20)23(25)27-15-17-9-5-2-6-10-17/h11-12,16-21H,1-10,13-15H2/t18?,19?,20-,21+. The first kappa shape index (κ1) is 19.0. The molecule has 2 bridgehead atoms. The number of carbonyl (C=O) groups is 2. The average molecular weight is 375 g/mol. The molecule has 3 saturated carbocycles. The van der Waals surface area contributed by atoms with Crippen molar-refractivity contribution >= 4 is 11.9 Å². The highest BCUT2D eigenvalue weighted by Gasteiger charge is 2.53. The highest BCUT2D eigenvalue weighted by molar-refractivity contribution is 5.84. The van der Waals surface area contributed by atoms with E-state index in [1.165, 1.54) is 38.5 Å². The molecule has 0 spiro atoms. The van der Waals surface area contributed by atoms with Gasteiger partial charge in [-0.2, -0.15) is 0 Å². The van der Waals surface area contributed by atoms with E-state index in [0.717, 1.165) is 32.1 Å². The number of rotatable bonds is 6. The molecule has 27 heavy (non-hydrogen) atoms. The Labute approximate surface area is 163 Å².